The molecule has 0 spiro atoms. The highest BCUT2D eigenvalue weighted by Gasteiger charge is 2.22. The van der Waals surface area contributed by atoms with Crippen molar-refractivity contribution in [2.75, 3.05) is 6.61 Å². The fourth-order valence-corrected chi connectivity index (χ4v) is 1.81. The molecule has 0 bridgehead atoms. The van der Waals surface area contributed by atoms with Crippen molar-refractivity contribution >= 4 is 5.97 Å². The Kier molecular flexibility index (Phi) is 6.36. The summed E-state index contributed by atoms with van der Waals surface area (Å²) in [4.78, 5) is 11.8. The lowest BCUT2D eigenvalue weighted by atomic mass is 10.1. The summed E-state index contributed by atoms with van der Waals surface area (Å²) < 4.78 is 10.7. The van der Waals surface area contributed by atoms with Crippen LogP contribution in [0.3, 0.4) is 0 Å². The number of esters is 1. The maximum atomic E-state index is 11.8. The average Bonchev–Trinajstić information content (AvgIpc) is 2.39. The molecule has 106 valence electrons. The van der Waals surface area contributed by atoms with Crippen LogP contribution in [0.25, 0.3) is 0 Å². The SMILES string of the molecule is CCCC(Oc1ccccc1[C@H](C)O)C(=O)OCC. The molecule has 0 amide bonds. The van der Waals surface area contributed by atoms with Crippen molar-refractivity contribution in [3.63, 3.8) is 0 Å². The lowest BCUT2D eigenvalue weighted by molar-refractivity contribution is -0.151. The zero-order valence-electron chi connectivity index (χ0n) is 11.8. The first-order valence-electron chi connectivity index (χ1n) is 6.70. The third kappa shape index (κ3) is 4.56. The molecule has 0 aliphatic rings. The first kappa shape index (κ1) is 15.5. The van der Waals surface area contributed by atoms with Crippen LogP contribution in [0, 0.1) is 0 Å². The van der Waals surface area contributed by atoms with Crippen molar-refractivity contribution in [2.24, 2.45) is 0 Å². The molecule has 4 nitrogen and oxygen atoms in total. The van der Waals surface area contributed by atoms with Gasteiger partial charge in [-0.1, -0.05) is 31.5 Å². The molecule has 0 aliphatic carbocycles. The molecular formula is C15H22O4. The standard InChI is InChI=1S/C15H22O4/c1-4-8-14(15(17)18-5-2)19-13-10-7-6-9-12(13)11(3)16/h6-7,9-11,14,16H,4-5,8H2,1-3H3/t11-,14?/m0/s1. The lowest BCUT2D eigenvalue weighted by Gasteiger charge is -2.20. The molecule has 1 aromatic rings. The largest absolute Gasteiger partial charge is 0.478 e. The molecule has 4 heteroatoms. The van der Waals surface area contributed by atoms with Crippen LogP contribution in [-0.2, 0) is 9.53 Å². The summed E-state index contributed by atoms with van der Waals surface area (Å²) in [5.41, 5.74) is 0.674. The predicted molar refractivity (Wildman–Crippen MR) is 73.0 cm³/mol. The smallest absolute Gasteiger partial charge is 0.347 e. The Labute approximate surface area is 114 Å². The van der Waals surface area contributed by atoms with Crippen molar-refractivity contribution in [3.8, 4) is 5.75 Å². The van der Waals surface area contributed by atoms with Crippen molar-refractivity contribution in [2.45, 2.75) is 45.8 Å². The average molecular weight is 266 g/mol. The normalized spacial score (nSPS) is 13.7. The van der Waals surface area contributed by atoms with Gasteiger partial charge < -0.3 is 14.6 Å². The Balaban J connectivity index is 2.87. The number of para-hydroxylation sites is 1. The van der Waals surface area contributed by atoms with Crippen LogP contribution in [-0.4, -0.2) is 23.8 Å². The van der Waals surface area contributed by atoms with E-state index in [0.717, 1.165) is 6.42 Å². The van der Waals surface area contributed by atoms with Crippen LogP contribution in [0.5, 0.6) is 5.75 Å². The number of ether oxygens (including phenoxy) is 2. The van der Waals surface area contributed by atoms with E-state index in [1.54, 1.807) is 26.0 Å². The Morgan fingerprint density at radius 2 is 2.00 bits per heavy atom. The second-order valence-electron chi connectivity index (χ2n) is 4.36. The second kappa shape index (κ2) is 7.79. The maximum Gasteiger partial charge on any atom is 0.347 e. The fourth-order valence-electron chi connectivity index (χ4n) is 1.81. The minimum atomic E-state index is -0.638. The van der Waals surface area contributed by atoms with Crippen molar-refractivity contribution in [1.82, 2.24) is 0 Å². The molecule has 19 heavy (non-hydrogen) atoms. The second-order valence-corrected chi connectivity index (χ2v) is 4.36. The Morgan fingerprint density at radius 1 is 1.32 bits per heavy atom. The summed E-state index contributed by atoms with van der Waals surface area (Å²) in [6.07, 6.45) is 0.151. The van der Waals surface area contributed by atoms with E-state index in [1.807, 2.05) is 19.1 Å². The van der Waals surface area contributed by atoms with Crippen molar-refractivity contribution in [1.29, 1.82) is 0 Å². The third-order valence-electron chi connectivity index (χ3n) is 2.74. The van der Waals surface area contributed by atoms with E-state index in [2.05, 4.69) is 0 Å². The van der Waals surface area contributed by atoms with Gasteiger partial charge >= 0.3 is 5.97 Å². The molecule has 2 atom stereocenters. The van der Waals surface area contributed by atoms with Gasteiger partial charge in [0.05, 0.1) is 12.7 Å². The van der Waals surface area contributed by atoms with Crippen LogP contribution in [0.15, 0.2) is 24.3 Å². The number of carbonyl (C=O) groups excluding carboxylic acids is 1. The van der Waals surface area contributed by atoms with Crippen molar-refractivity contribution < 1.29 is 19.4 Å². The van der Waals surface area contributed by atoms with Crippen LogP contribution in [0.1, 0.15) is 45.3 Å². The van der Waals surface area contributed by atoms with Gasteiger partial charge in [0.2, 0.25) is 0 Å². The van der Waals surface area contributed by atoms with Gasteiger partial charge in [-0.3, -0.25) is 0 Å². The summed E-state index contributed by atoms with van der Waals surface area (Å²) in [6, 6.07) is 7.18. The molecule has 0 aliphatic heterocycles. The molecule has 0 aromatic heterocycles. The number of benzene rings is 1. The molecule has 1 unspecified atom stereocenters. The Morgan fingerprint density at radius 3 is 2.58 bits per heavy atom. The minimum Gasteiger partial charge on any atom is -0.478 e. The quantitative estimate of drug-likeness (QED) is 0.771. The highest BCUT2D eigenvalue weighted by Crippen LogP contribution is 2.26. The van der Waals surface area contributed by atoms with Gasteiger partial charge in [0, 0.05) is 5.56 Å². The van der Waals surface area contributed by atoms with Gasteiger partial charge in [0.25, 0.3) is 0 Å². The molecule has 1 N–H and O–H groups in total. The number of carbonyl (C=O) groups is 1. The molecule has 0 fully saturated rings. The zero-order chi connectivity index (χ0) is 14.3. The first-order chi connectivity index (χ1) is 9.10. The summed E-state index contributed by atoms with van der Waals surface area (Å²) in [5, 5.41) is 9.69. The molecule has 0 radical (unpaired) electrons. The van der Waals surface area contributed by atoms with Crippen LogP contribution in [0.2, 0.25) is 0 Å². The number of aliphatic hydroxyl groups excluding tert-OH is 1. The van der Waals surface area contributed by atoms with Gasteiger partial charge in [-0.2, -0.15) is 0 Å². The van der Waals surface area contributed by atoms with Gasteiger partial charge in [0.15, 0.2) is 6.10 Å². The zero-order valence-corrected chi connectivity index (χ0v) is 11.8. The number of hydrogen-bond donors (Lipinski definition) is 1. The van der Waals surface area contributed by atoms with E-state index < -0.39 is 12.2 Å². The Bertz CT molecular complexity index is 401. The van der Waals surface area contributed by atoms with Gasteiger partial charge in [-0.05, 0) is 26.3 Å². The first-order valence-corrected chi connectivity index (χ1v) is 6.70. The van der Waals surface area contributed by atoms with E-state index >= 15 is 0 Å². The number of rotatable bonds is 7. The van der Waals surface area contributed by atoms with Crippen LogP contribution < -0.4 is 4.74 Å². The van der Waals surface area contributed by atoms with Crippen LogP contribution in [0.4, 0.5) is 0 Å². The summed E-state index contributed by atoms with van der Waals surface area (Å²) in [7, 11) is 0. The monoisotopic (exact) mass is 266 g/mol. The van der Waals surface area contributed by atoms with E-state index in [0.29, 0.717) is 24.3 Å². The highest BCUT2D eigenvalue weighted by molar-refractivity contribution is 5.75. The molecule has 1 rings (SSSR count). The third-order valence-corrected chi connectivity index (χ3v) is 2.74. The van der Waals surface area contributed by atoms with Crippen molar-refractivity contribution in [3.05, 3.63) is 29.8 Å². The summed E-state index contributed by atoms with van der Waals surface area (Å²) in [5.74, 6) is 0.175. The highest BCUT2D eigenvalue weighted by atomic mass is 16.6. The minimum absolute atomic E-state index is 0.334. The topological polar surface area (TPSA) is 55.8 Å². The predicted octanol–water partition coefficient (Wildman–Crippen LogP) is 2.85. The van der Waals surface area contributed by atoms with E-state index in [4.69, 9.17) is 9.47 Å². The molecule has 1 aromatic carbocycles. The van der Waals surface area contributed by atoms with Gasteiger partial charge in [-0.15, -0.1) is 0 Å². The summed E-state index contributed by atoms with van der Waals surface area (Å²) in [6.45, 7) is 5.75. The molecule has 0 saturated heterocycles. The summed E-state index contributed by atoms with van der Waals surface area (Å²) >= 11 is 0. The number of hydrogen-bond acceptors (Lipinski definition) is 4. The van der Waals surface area contributed by atoms with Gasteiger partial charge in [0.1, 0.15) is 5.75 Å². The lowest BCUT2D eigenvalue weighted by Crippen LogP contribution is -2.29. The van der Waals surface area contributed by atoms with E-state index in [-0.39, 0.29) is 5.97 Å². The number of aliphatic hydroxyl groups is 1. The Hall–Kier alpha value is -1.55. The molecular weight excluding hydrogens is 244 g/mol. The van der Waals surface area contributed by atoms with Gasteiger partial charge in [-0.25, -0.2) is 4.79 Å². The fraction of sp³-hybridized carbons (Fsp3) is 0.533. The van der Waals surface area contributed by atoms with E-state index in [9.17, 15) is 9.90 Å². The molecule has 0 saturated carbocycles. The maximum absolute atomic E-state index is 11.8. The van der Waals surface area contributed by atoms with E-state index in [1.165, 1.54) is 0 Å². The van der Waals surface area contributed by atoms with Crippen LogP contribution >= 0.6 is 0 Å². The molecule has 0 heterocycles.